The maximum absolute atomic E-state index is 9.75. The van der Waals surface area contributed by atoms with Crippen molar-refractivity contribution in [2.24, 2.45) is 10.2 Å². The standard InChI is InChI=1S/C21H18N2O3/c1-26-19-13-15(12-18(24)21(19)25)14-22-23-20(16-8-4-2-5-9-16)17-10-6-3-7-11-17/h2-14,24-25H,1H3/b22-14+. The van der Waals surface area contributed by atoms with Gasteiger partial charge in [-0.1, -0.05) is 60.7 Å². The van der Waals surface area contributed by atoms with Gasteiger partial charge in [0, 0.05) is 16.7 Å². The number of aromatic hydroxyl groups is 2. The van der Waals surface area contributed by atoms with Crippen molar-refractivity contribution in [3.05, 3.63) is 89.5 Å². The first-order valence-electron chi connectivity index (χ1n) is 8.01. The maximum atomic E-state index is 9.75. The minimum Gasteiger partial charge on any atom is -0.504 e. The van der Waals surface area contributed by atoms with Gasteiger partial charge in [0.05, 0.1) is 13.3 Å². The summed E-state index contributed by atoms with van der Waals surface area (Å²) in [5.74, 6) is -0.412. The molecular weight excluding hydrogens is 328 g/mol. The summed E-state index contributed by atoms with van der Waals surface area (Å²) in [5, 5.41) is 28.0. The largest absolute Gasteiger partial charge is 0.504 e. The third kappa shape index (κ3) is 3.89. The second-order valence-corrected chi connectivity index (χ2v) is 5.52. The smallest absolute Gasteiger partial charge is 0.200 e. The molecule has 5 nitrogen and oxygen atoms in total. The predicted octanol–water partition coefficient (Wildman–Crippen LogP) is 3.98. The van der Waals surface area contributed by atoms with Crippen LogP contribution in [0.4, 0.5) is 0 Å². The van der Waals surface area contributed by atoms with Gasteiger partial charge in [0.25, 0.3) is 0 Å². The molecule has 0 fully saturated rings. The Morgan fingerprint density at radius 1 is 0.885 bits per heavy atom. The molecule has 0 aliphatic rings. The summed E-state index contributed by atoms with van der Waals surface area (Å²) in [6.45, 7) is 0. The quantitative estimate of drug-likeness (QED) is 0.417. The molecule has 0 bridgehead atoms. The van der Waals surface area contributed by atoms with Gasteiger partial charge in [-0.25, -0.2) is 0 Å². The van der Waals surface area contributed by atoms with Crippen LogP contribution in [0, 0.1) is 0 Å². The van der Waals surface area contributed by atoms with Crippen LogP contribution in [0.15, 0.2) is 83.0 Å². The summed E-state index contributed by atoms with van der Waals surface area (Å²) >= 11 is 0. The van der Waals surface area contributed by atoms with Gasteiger partial charge in [-0.3, -0.25) is 0 Å². The zero-order chi connectivity index (χ0) is 18.4. The van der Waals surface area contributed by atoms with Gasteiger partial charge in [-0.2, -0.15) is 5.10 Å². The minimum atomic E-state index is -0.303. The van der Waals surface area contributed by atoms with Crippen LogP contribution in [0.5, 0.6) is 17.2 Å². The molecule has 0 radical (unpaired) electrons. The van der Waals surface area contributed by atoms with Crippen molar-refractivity contribution in [2.75, 3.05) is 7.11 Å². The van der Waals surface area contributed by atoms with Gasteiger partial charge < -0.3 is 14.9 Å². The third-order valence-electron chi connectivity index (χ3n) is 3.76. The molecular formula is C21H18N2O3. The Balaban J connectivity index is 1.97. The second-order valence-electron chi connectivity index (χ2n) is 5.52. The van der Waals surface area contributed by atoms with Gasteiger partial charge >= 0.3 is 0 Å². The number of hydrogen-bond donors (Lipinski definition) is 2. The molecule has 0 spiro atoms. The summed E-state index contributed by atoms with van der Waals surface area (Å²) in [6, 6.07) is 22.5. The van der Waals surface area contributed by atoms with Crippen molar-refractivity contribution in [3.8, 4) is 17.2 Å². The summed E-state index contributed by atoms with van der Waals surface area (Å²) in [5.41, 5.74) is 3.18. The summed E-state index contributed by atoms with van der Waals surface area (Å²) in [4.78, 5) is 0. The van der Waals surface area contributed by atoms with Crippen LogP contribution in [0.3, 0.4) is 0 Å². The van der Waals surface area contributed by atoms with E-state index in [-0.39, 0.29) is 17.2 Å². The summed E-state index contributed by atoms with van der Waals surface area (Å²) < 4.78 is 5.03. The highest BCUT2D eigenvalue weighted by Crippen LogP contribution is 2.35. The zero-order valence-corrected chi connectivity index (χ0v) is 14.2. The van der Waals surface area contributed by atoms with Crippen molar-refractivity contribution in [2.45, 2.75) is 0 Å². The fraction of sp³-hybridized carbons (Fsp3) is 0.0476. The van der Waals surface area contributed by atoms with E-state index in [1.165, 1.54) is 19.4 Å². The number of hydrogen-bond acceptors (Lipinski definition) is 5. The topological polar surface area (TPSA) is 74.4 Å². The first-order valence-corrected chi connectivity index (χ1v) is 8.01. The lowest BCUT2D eigenvalue weighted by Gasteiger charge is -2.06. The van der Waals surface area contributed by atoms with E-state index < -0.39 is 0 Å². The molecule has 0 unspecified atom stereocenters. The fourth-order valence-electron chi connectivity index (χ4n) is 2.47. The molecule has 0 aliphatic heterocycles. The van der Waals surface area contributed by atoms with Gasteiger partial charge in [0.2, 0.25) is 5.75 Å². The Labute approximate surface area is 151 Å². The highest BCUT2D eigenvalue weighted by atomic mass is 16.5. The van der Waals surface area contributed by atoms with Crippen LogP contribution >= 0.6 is 0 Å². The van der Waals surface area contributed by atoms with E-state index >= 15 is 0 Å². The van der Waals surface area contributed by atoms with E-state index in [4.69, 9.17) is 4.74 Å². The average molecular weight is 346 g/mol. The number of nitrogens with zero attached hydrogens (tertiary/aromatic N) is 2. The molecule has 3 rings (SSSR count). The molecule has 3 aromatic rings. The SMILES string of the molecule is COc1cc(/C=N/N=C(c2ccccc2)c2ccccc2)cc(O)c1O. The Kier molecular flexibility index (Phi) is 5.29. The lowest BCUT2D eigenvalue weighted by Crippen LogP contribution is -2.02. The molecule has 0 atom stereocenters. The first-order chi connectivity index (χ1) is 12.7. The van der Waals surface area contributed by atoms with Crippen molar-refractivity contribution in [1.29, 1.82) is 0 Å². The van der Waals surface area contributed by atoms with Gasteiger partial charge in [-0.05, 0) is 12.1 Å². The molecule has 26 heavy (non-hydrogen) atoms. The van der Waals surface area contributed by atoms with Crippen LogP contribution in [0.2, 0.25) is 0 Å². The van der Waals surface area contributed by atoms with Crippen LogP contribution < -0.4 is 4.74 Å². The molecule has 2 N–H and O–H groups in total. The monoisotopic (exact) mass is 346 g/mol. The molecule has 0 heterocycles. The van der Waals surface area contributed by atoms with E-state index in [2.05, 4.69) is 10.2 Å². The number of phenolic OH excluding ortho intramolecular Hbond substituents is 2. The zero-order valence-electron chi connectivity index (χ0n) is 14.2. The minimum absolute atomic E-state index is 0.168. The third-order valence-corrected chi connectivity index (χ3v) is 3.76. The Morgan fingerprint density at radius 3 is 2.00 bits per heavy atom. The molecule has 130 valence electrons. The summed E-state index contributed by atoms with van der Waals surface area (Å²) in [6.07, 6.45) is 1.49. The Hall–Kier alpha value is -3.60. The van der Waals surface area contributed by atoms with Gasteiger partial charge in [-0.15, -0.1) is 5.10 Å². The number of phenols is 2. The van der Waals surface area contributed by atoms with Crippen LogP contribution in [-0.2, 0) is 0 Å². The van der Waals surface area contributed by atoms with E-state index in [1.807, 2.05) is 60.7 Å². The summed E-state index contributed by atoms with van der Waals surface area (Å²) in [7, 11) is 1.41. The molecule has 0 amide bonds. The molecule has 0 saturated carbocycles. The highest BCUT2D eigenvalue weighted by molar-refractivity contribution is 6.12. The number of rotatable bonds is 5. The van der Waals surface area contributed by atoms with Crippen molar-refractivity contribution < 1.29 is 14.9 Å². The molecule has 3 aromatic carbocycles. The normalized spacial score (nSPS) is 10.7. The van der Waals surface area contributed by atoms with Crippen molar-refractivity contribution in [3.63, 3.8) is 0 Å². The lowest BCUT2D eigenvalue weighted by molar-refractivity contribution is 0.351. The van der Waals surface area contributed by atoms with E-state index in [0.717, 1.165) is 16.8 Å². The number of ether oxygens (including phenoxy) is 1. The Bertz CT molecular complexity index is 895. The van der Waals surface area contributed by atoms with Crippen molar-refractivity contribution >= 4 is 11.9 Å². The van der Waals surface area contributed by atoms with Crippen LogP contribution in [0.1, 0.15) is 16.7 Å². The average Bonchev–Trinajstić information content (AvgIpc) is 2.69. The van der Waals surface area contributed by atoms with Gasteiger partial charge in [0.15, 0.2) is 11.5 Å². The Morgan fingerprint density at radius 2 is 1.46 bits per heavy atom. The van der Waals surface area contributed by atoms with Crippen molar-refractivity contribution in [1.82, 2.24) is 0 Å². The fourth-order valence-corrected chi connectivity index (χ4v) is 2.47. The highest BCUT2D eigenvalue weighted by Gasteiger charge is 2.09. The molecule has 0 aromatic heterocycles. The van der Waals surface area contributed by atoms with Crippen LogP contribution in [-0.4, -0.2) is 29.2 Å². The molecule has 0 aliphatic carbocycles. The number of methoxy groups -OCH3 is 1. The van der Waals surface area contributed by atoms with E-state index in [1.54, 1.807) is 6.07 Å². The molecule has 5 heteroatoms. The second kappa shape index (κ2) is 7.98. The van der Waals surface area contributed by atoms with E-state index in [0.29, 0.717) is 5.56 Å². The maximum Gasteiger partial charge on any atom is 0.200 e. The number of benzene rings is 3. The first kappa shape index (κ1) is 17.2. The lowest BCUT2D eigenvalue weighted by atomic mass is 10.0. The van der Waals surface area contributed by atoms with Gasteiger partial charge in [0.1, 0.15) is 5.71 Å². The van der Waals surface area contributed by atoms with Crippen LogP contribution in [0.25, 0.3) is 0 Å². The molecule has 0 saturated heterocycles. The van der Waals surface area contributed by atoms with E-state index in [9.17, 15) is 10.2 Å². The predicted molar refractivity (Wildman–Crippen MR) is 102 cm³/mol.